The minimum absolute atomic E-state index is 0.0468. The fourth-order valence-electron chi connectivity index (χ4n) is 1.66. The van der Waals surface area contributed by atoms with Gasteiger partial charge >= 0.3 is 0 Å². The van der Waals surface area contributed by atoms with Gasteiger partial charge in [0.25, 0.3) is 0 Å². The first-order valence-electron chi connectivity index (χ1n) is 5.97. The van der Waals surface area contributed by atoms with E-state index in [-0.39, 0.29) is 11.7 Å². The van der Waals surface area contributed by atoms with Crippen molar-refractivity contribution in [2.75, 3.05) is 19.6 Å². The predicted octanol–water partition coefficient (Wildman–Crippen LogP) is 2.96. The first-order chi connectivity index (χ1) is 8.56. The molecule has 0 radical (unpaired) electrons. The zero-order chi connectivity index (χ0) is 13.5. The molecule has 1 rings (SSSR count). The SMILES string of the molecule is CCN(CC(=O)c1ccc(I)cc1)CC(C)C#N. The Balaban J connectivity index is 2.62. The molecule has 0 N–H and O–H groups in total. The summed E-state index contributed by atoms with van der Waals surface area (Å²) in [4.78, 5) is 14.1. The number of hydrogen-bond acceptors (Lipinski definition) is 3. The second-order valence-corrected chi connectivity index (χ2v) is 5.53. The molecule has 0 fully saturated rings. The molecule has 1 aromatic rings. The smallest absolute Gasteiger partial charge is 0.176 e. The number of Topliss-reactive ketones (excluding diaryl/α,β-unsaturated/α-hetero) is 1. The van der Waals surface area contributed by atoms with Gasteiger partial charge in [0, 0.05) is 15.7 Å². The molecule has 1 aromatic carbocycles. The molecule has 0 spiro atoms. The number of carbonyl (C=O) groups is 1. The summed E-state index contributed by atoms with van der Waals surface area (Å²) in [6.45, 7) is 5.68. The number of hydrogen-bond donors (Lipinski definition) is 0. The average Bonchev–Trinajstić information content (AvgIpc) is 2.38. The van der Waals surface area contributed by atoms with Gasteiger partial charge in [0.05, 0.1) is 18.5 Å². The van der Waals surface area contributed by atoms with Crippen LogP contribution in [0.15, 0.2) is 24.3 Å². The Morgan fingerprint density at radius 3 is 2.56 bits per heavy atom. The molecule has 0 bridgehead atoms. The lowest BCUT2D eigenvalue weighted by molar-refractivity contribution is 0.0929. The zero-order valence-electron chi connectivity index (χ0n) is 10.7. The highest BCUT2D eigenvalue weighted by Crippen LogP contribution is 2.08. The van der Waals surface area contributed by atoms with E-state index in [1.54, 1.807) is 0 Å². The summed E-state index contributed by atoms with van der Waals surface area (Å²) in [6, 6.07) is 9.77. The normalized spacial score (nSPS) is 12.2. The van der Waals surface area contributed by atoms with Crippen molar-refractivity contribution in [2.45, 2.75) is 13.8 Å². The lowest BCUT2D eigenvalue weighted by Crippen LogP contribution is -2.33. The summed E-state index contributed by atoms with van der Waals surface area (Å²) in [5.74, 6) is 0.0628. The summed E-state index contributed by atoms with van der Waals surface area (Å²) < 4.78 is 1.12. The summed E-state index contributed by atoms with van der Waals surface area (Å²) >= 11 is 2.22. The molecule has 18 heavy (non-hydrogen) atoms. The van der Waals surface area contributed by atoms with Crippen molar-refractivity contribution >= 4 is 28.4 Å². The largest absolute Gasteiger partial charge is 0.295 e. The molecule has 96 valence electrons. The van der Waals surface area contributed by atoms with Gasteiger partial charge in [0.2, 0.25) is 0 Å². The van der Waals surface area contributed by atoms with Crippen LogP contribution in [0.5, 0.6) is 0 Å². The van der Waals surface area contributed by atoms with E-state index in [1.807, 2.05) is 43.0 Å². The van der Waals surface area contributed by atoms with Gasteiger partial charge in [-0.3, -0.25) is 9.69 Å². The van der Waals surface area contributed by atoms with E-state index in [1.165, 1.54) is 0 Å². The molecule has 0 aliphatic carbocycles. The third-order valence-electron chi connectivity index (χ3n) is 2.73. The van der Waals surface area contributed by atoms with Crippen LogP contribution >= 0.6 is 22.6 Å². The molecule has 0 aliphatic rings. The molecule has 0 heterocycles. The van der Waals surface area contributed by atoms with Crippen LogP contribution in [0.1, 0.15) is 24.2 Å². The van der Waals surface area contributed by atoms with E-state index >= 15 is 0 Å². The van der Waals surface area contributed by atoms with E-state index in [4.69, 9.17) is 5.26 Å². The van der Waals surface area contributed by atoms with Gasteiger partial charge in [-0.1, -0.05) is 19.1 Å². The first-order valence-corrected chi connectivity index (χ1v) is 7.05. The van der Waals surface area contributed by atoms with Gasteiger partial charge in [-0.15, -0.1) is 0 Å². The van der Waals surface area contributed by atoms with Crippen LogP contribution < -0.4 is 0 Å². The molecule has 1 atom stereocenters. The highest BCUT2D eigenvalue weighted by Gasteiger charge is 2.13. The molecule has 0 amide bonds. The monoisotopic (exact) mass is 356 g/mol. The fourth-order valence-corrected chi connectivity index (χ4v) is 2.02. The van der Waals surface area contributed by atoms with Crippen LogP contribution in [0, 0.1) is 20.8 Å². The van der Waals surface area contributed by atoms with Gasteiger partial charge in [0.1, 0.15) is 0 Å². The number of benzene rings is 1. The second kappa shape index (κ2) is 7.49. The number of nitriles is 1. The van der Waals surface area contributed by atoms with Gasteiger partial charge < -0.3 is 0 Å². The van der Waals surface area contributed by atoms with Crippen LogP contribution in [-0.2, 0) is 0 Å². The maximum absolute atomic E-state index is 12.1. The number of likely N-dealkylation sites (N-methyl/N-ethyl adjacent to an activating group) is 1. The van der Waals surface area contributed by atoms with Crippen LogP contribution in [0.25, 0.3) is 0 Å². The van der Waals surface area contributed by atoms with E-state index in [9.17, 15) is 4.79 Å². The molecule has 0 saturated carbocycles. The van der Waals surface area contributed by atoms with E-state index in [0.717, 1.165) is 15.7 Å². The number of nitrogens with zero attached hydrogens (tertiary/aromatic N) is 2. The number of carbonyl (C=O) groups excluding carboxylic acids is 1. The Bertz CT molecular complexity index is 436. The van der Waals surface area contributed by atoms with Crippen LogP contribution in [-0.4, -0.2) is 30.3 Å². The van der Waals surface area contributed by atoms with Crippen molar-refractivity contribution in [2.24, 2.45) is 5.92 Å². The van der Waals surface area contributed by atoms with Crippen molar-refractivity contribution in [1.82, 2.24) is 4.90 Å². The average molecular weight is 356 g/mol. The minimum Gasteiger partial charge on any atom is -0.295 e. The summed E-state index contributed by atoms with van der Waals surface area (Å²) in [6.07, 6.45) is 0. The maximum Gasteiger partial charge on any atom is 0.176 e. The van der Waals surface area contributed by atoms with Gasteiger partial charge in [-0.05, 0) is 48.2 Å². The second-order valence-electron chi connectivity index (χ2n) is 4.29. The molecule has 0 aliphatic heterocycles. The molecular formula is C14H17IN2O. The maximum atomic E-state index is 12.1. The molecule has 4 heteroatoms. The van der Waals surface area contributed by atoms with Crippen molar-refractivity contribution in [1.29, 1.82) is 5.26 Å². The highest BCUT2D eigenvalue weighted by atomic mass is 127. The number of halogens is 1. The summed E-state index contributed by atoms with van der Waals surface area (Å²) in [7, 11) is 0. The third kappa shape index (κ3) is 4.75. The van der Waals surface area contributed by atoms with E-state index in [2.05, 4.69) is 28.7 Å². The quantitative estimate of drug-likeness (QED) is 0.582. The Morgan fingerprint density at radius 2 is 2.06 bits per heavy atom. The highest BCUT2D eigenvalue weighted by molar-refractivity contribution is 14.1. The zero-order valence-corrected chi connectivity index (χ0v) is 12.8. The van der Waals surface area contributed by atoms with Crippen molar-refractivity contribution in [3.05, 3.63) is 33.4 Å². The first kappa shape index (κ1) is 15.1. The standard InChI is InChI=1S/C14H17IN2O/c1-3-17(9-11(2)8-16)10-14(18)12-4-6-13(15)7-5-12/h4-7,11H,3,9-10H2,1-2H3. The lowest BCUT2D eigenvalue weighted by atomic mass is 10.1. The van der Waals surface area contributed by atoms with Gasteiger partial charge in [-0.2, -0.15) is 5.26 Å². The van der Waals surface area contributed by atoms with E-state index < -0.39 is 0 Å². The number of ketones is 1. The number of rotatable bonds is 6. The van der Waals surface area contributed by atoms with Crippen LogP contribution in [0.3, 0.4) is 0 Å². The van der Waals surface area contributed by atoms with E-state index in [0.29, 0.717) is 13.1 Å². The predicted molar refractivity (Wildman–Crippen MR) is 80.4 cm³/mol. The van der Waals surface area contributed by atoms with Crippen molar-refractivity contribution in [3.8, 4) is 6.07 Å². The fraction of sp³-hybridized carbons (Fsp3) is 0.429. The van der Waals surface area contributed by atoms with Gasteiger partial charge in [-0.25, -0.2) is 0 Å². The molecule has 3 nitrogen and oxygen atoms in total. The van der Waals surface area contributed by atoms with Crippen molar-refractivity contribution in [3.63, 3.8) is 0 Å². The lowest BCUT2D eigenvalue weighted by Gasteiger charge is -2.20. The minimum atomic E-state index is -0.0468. The third-order valence-corrected chi connectivity index (χ3v) is 3.45. The Kier molecular flexibility index (Phi) is 6.30. The van der Waals surface area contributed by atoms with Gasteiger partial charge in [0.15, 0.2) is 5.78 Å². The molecule has 0 aromatic heterocycles. The van der Waals surface area contributed by atoms with Crippen LogP contribution in [0.4, 0.5) is 0 Å². The summed E-state index contributed by atoms with van der Waals surface area (Å²) in [5, 5.41) is 8.80. The molecule has 0 saturated heterocycles. The Morgan fingerprint density at radius 1 is 1.44 bits per heavy atom. The Labute approximate surface area is 122 Å². The topological polar surface area (TPSA) is 44.1 Å². The van der Waals surface area contributed by atoms with Crippen LogP contribution in [0.2, 0.25) is 0 Å². The summed E-state index contributed by atoms with van der Waals surface area (Å²) in [5.41, 5.74) is 0.735. The molecular weight excluding hydrogens is 339 g/mol. The Hall–Kier alpha value is -0.930. The molecule has 1 unspecified atom stereocenters. The van der Waals surface area contributed by atoms with Crippen molar-refractivity contribution < 1.29 is 4.79 Å².